The van der Waals surface area contributed by atoms with Gasteiger partial charge in [-0.05, 0) is 32.0 Å². The fourth-order valence-corrected chi connectivity index (χ4v) is 2.25. The zero-order chi connectivity index (χ0) is 16.4. The lowest BCUT2D eigenvalue weighted by Gasteiger charge is -2.03. The highest BCUT2D eigenvalue weighted by atomic mass is 35.5. The molecule has 23 heavy (non-hydrogen) atoms. The summed E-state index contributed by atoms with van der Waals surface area (Å²) in [4.78, 5) is 24.7. The lowest BCUT2D eigenvalue weighted by atomic mass is 10.2. The van der Waals surface area contributed by atoms with E-state index < -0.39 is 5.91 Å². The van der Waals surface area contributed by atoms with Gasteiger partial charge in [-0.2, -0.15) is 5.10 Å². The number of hydrogen-bond donors (Lipinski definition) is 2. The number of amides is 1. The number of halogens is 1. The van der Waals surface area contributed by atoms with E-state index in [1.165, 1.54) is 0 Å². The molecule has 2 heterocycles. The Morgan fingerprint density at radius 1 is 1.13 bits per heavy atom. The van der Waals surface area contributed by atoms with Gasteiger partial charge >= 0.3 is 0 Å². The van der Waals surface area contributed by atoms with E-state index in [0.717, 1.165) is 17.0 Å². The van der Waals surface area contributed by atoms with E-state index in [9.17, 15) is 4.79 Å². The topological polar surface area (TPSA) is 96.5 Å². The molecule has 8 heteroatoms. The molecule has 0 spiro atoms. The van der Waals surface area contributed by atoms with Crippen LogP contribution in [-0.4, -0.2) is 31.1 Å². The van der Waals surface area contributed by atoms with Crippen molar-refractivity contribution in [1.82, 2.24) is 25.1 Å². The van der Waals surface area contributed by atoms with Crippen molar-refractivity contribution < 1.29 is 4.79 Å². The maximum absolute atomic E-state index is 12.2. The predicted molar refractivity (Wildman–Crippen MR) is 86.3 cm³/mol. The number of nitrogens with one attached hydrogen (secondary N) is 2. The third-order valence-corrected chi connectivity index (χ3v) is 3.23. The molecule has 1 amide bonds. The average Bonchev–Trinajstić information content (AvgIpc) is 2.96. The largest absolute Gasteiger partial charge is 0.295 e. The Bertz CT molecular complexity index is 856. The Hall–Kier alpha value is -2.80. The Kier molecular flexibility index (Phi) is 4.03. The van der Waals surface area contributed by atoms with Crippen LogP contribution in [0.1, 0.15) is 22.0 Å². The summed E-state index contributed by atoms with van der Waals surface area (Å²) in [6.07, 6.45) is 0. The SMILES string of the molecule is Cc1cc(C)nc(NC(=O)c2nc(-c3cccc(Cl)c3)n[nH]2)n1. The fourth-order valence-electron chi connectivity index (χ4n) is 2.06. The summed E-state index contributed by atoms with van der Waals surface area (Å²) >= 11 is 5.94. The number of aromatic nitrogens is 5. The van der Waals surface area contributed by atoms with Gasteiger partial charge in [0.1, 0.15) is 0 Å². The first-order chi connectivity index (χ1) is 11.0. The first kappa shape index (κ1) is 15.1. The first-order valence-corrected chi connectivity index (χ1v) is 7.21. The van der Waals surface area contributed by atoms with E-state index in [2.05, 4.69) is 30.5 Å². The number of carbonyl (C=O) groups is 1. The standard InChI is InChI=1S/C15H13ClN6O/c1-8-6-9(2)18-15(17-8)20-14(23)13-19-12(21-22-13)10-4-3-5-11(16)7-10/h3-7H,1-2H3,(H,19,21,22)(H,17,18,20,23). The molecule has 0 aliphatic heterocycles. The molecule has 7 nitrogen and oxygen atoms in total. The van der Waals surface area contributed by atoms with Crippen molar-refractivity contribution in [1.29, 1.82) is 0 Å². The summed E-state index contributed by atoms with van der Waals surface area (Å²) in [6, 6.07) is 8.89. The van der Waals surface area contributed by atoms with Gasteiger partial charge < -0.3 is 0 Å². The van der Waals surface area contributed by atoms with Gasteiger partial charge in [-0.1, -0.05) is 23.7 Å². The monoisotopic (exact) mass is 328 g/mol. The van der Waals surface area contributed by atoms with Crippen molar-refractivity contribution in [3.63, 3.8) is 0 Å². The van der Waals surface area contributed by atoms with Crippen molar-refractivity contribution >= 4 is 23.5 Å². The number of H-pyrrole nitrogens is 1. The minimum atomic E-state index is -0.462. The minimum Gasteiger partial charge on any atom is -0.288 e. The van der Waals surface area contributed by atoms with E-state index >= 15 is 0 Å². The van der Waals surface area contributed by atoms with Crippen LogP contribution < -0.4 is 5.32 Å². The highest BCUT2D eigenvalue weighted by molar-refractivity contribution is 6.30. The molecule has 0 unspecified atom stereocenters. The molecule has 0 bridgehead atoms. The summed E-state index contributed by atoms with van der Waals surface area (Å²) in [5.41, 5.74) is 2.26. The van der Waals surface area contributed by atoms with Crippen LogP contribution in [-0.2, 0) is 0 Å². The molecule has 116 valence electrons. The van der Waals surface area contributed by atoms with E-state index in [4.69, 9.17) is 11.6 Å². The van der Waals surface area contributed by atoms with E-state index in [-0.39, 0.29) is 11.8 Å². The van der Waals surface area contributed by atoms with Crippen LogP contribution in [0.15, 0.2) is 30.3 Å². The van der Waals surface area contributed by atoms with Crippen molar-refractivity contribution in [3.8, 4) is 11.4 Å². The van der Waals surface area contributed by atoms with Gasteiger partial charge in [0.15, 0.2) is 5.82 Å². The number of rotatable bonds is 3. The maximum Gasteiger partial charge on any atom is 0.295 e. The fraction of sp³-hybridized carbons (Fsp3) is 0.133. The second-order valence-corrected chi connectivity index (χ2v) is 5.38. The maximum atomic E-state index is 12.2. The predicted octanol–water partition coefficient (Wildman–Crippen LogP) is 2.78. The van der Waals surface area contributed by atoms with Crippen molar-refractivity contribution in [2.24, 2.45) is 0 Å². The molecule has 0 radical (unpaired) electrons. The molecule has 0 aliphatic rings. The molecule has 3 aromatic rings. The van der Waals surface area contributed by atoms with Crippen LogP contribution in [0.3, 0.4) is 0 Å². The molecule has 0 fully saturated rings. The summed E-state index contributed by atoms with van der Waals surface area (Å²) in [7, 11) is 0. The van der Waals surface area contributed by atoms with Gasteiger partial charge in [-0.25, -0.2) is 15.0 Å². The highest BCUT2D eigenvalue weighted by Crippen LogP contribution is 2.19. The Morgan fingerprint density at radius 2 is 1.87 bits per heavy atom. The van der Waals surface area contributed by atoms with Gasteiger partial charge in [0.2, 0.25) is 11.8 Å². The average molecular weight is 329 g/mol. The van der Waals surface area contributed by atoms with Crippen molar-refractivity contribution in [3.05, 3.63) is 52.6 Å². The number of benzene rings is 1. The number of nitrogens with zero attached hydrogens (tertiary/aromatic N) is 4. The van der Waals surface area contributed by atoms with E-state index in [1.807, 2.05) is 26.0 Å². The van der Waals surface area contributed by atoms with Crippen LogP contribution in [0.2, 0.25) is 5.02 Å². The zero-order valence-corrected chi connectivity index (χ0v) is 13.2. The number of aryl methyl sites for hydroxylation is 2. The second kappa shape index (κ2) is 6.13. The summed E-state index contributed by atoms with van der Waals surface area (Å²) in [5.74, 6) is 0.228. The summed E-state index contributed by atoms with van der Waals surface area (Å²) in [5, 5.41) is 9.80. The second-order valence-electron chi connectivity index (χ2n) is 4.95. The van der Waals surface area contributed by atoms with Gasteiger partial charge in [0, 0.05) is 22.0 Å². The number of anilines is 1. The van der Waals surface area contributed by atoms with E-state index in [1.54, 1.807) is 18.2 Å². The normalized spacial score (nSPS) is 10.6. The first-order valence-electron chi connectivity index (χ1n) is 6.83. The van der Waals surface area contributed by atoms with Crippen LogP contribution in [0, 0.1) is 13.8 Å². The van der Waals surface area contributed by atoms with Crippen molar-refractivity contribution in [2.45, 2.75) is 13.8 Å². The molecule has 2 N–H and O–H groups in total. The number of carbonyl (C=O) groups excluding carboxylic acids is 1. The van der Waals surface area contributed by atoms with Crippen LogP contribution in [0.5, 0.6) is 0 Å². The van der Waals surface area contributed by atoms with Crippen LogP contribution in [0.25, 0.3) is 11.4 Å². The lowest BCUT2D eigenvalue weighted by molar-refractivity contribution is 0.101. The summed E-state index contributed by atoms with van der Waals surface area (Å²) in [6.45, 7) is 3.66. The minimum absolute atomic E-state index is 0.0720. The number of aromatic amines is 1. The van der Waals surface area contributed by atoms with Gasteiger partial charge in [-0.3, -0.25) is 15.2 Å². The third kappa shape index (κ3) is 3.51. The van der Waals surface area contributed by atoms with E-state index in [0.29, 0.717) is 10.8 Å². The molecule has 2 aromatic heterocycles. The highest BCUT2D eigenvalue weighted by Gasteiger charge is 2.14. The van der Waals surface area contributed by atoms with Crippen LogP contribution >= 0.6 is 11.6 Å². The Morgan fingerprint density at radius 3 is 2.57 bits per heavy atom. The Balaban J connectivity index is 1.81. The van der Waals surface area contributed by atoms with Gasteiger partial charge in [-0.15, -0.1) is 0 Å². The molecule has 0 saturated heterocycles. The lowest BCUT2D eigenvalue weighted by Crippen LogP contribution is -2.16. The quantitative estimate of drug-likeness (QED) is 0.770. The molecule has 0 aliphatic carbocycles. The van der Waals surface area contributed by atoms with Gasteiger partial charge in [0.25, 0.3) is 5.91 Å². The molecular weight excluding hydrogens is 316 g/mol. The molecule has 1 aromatic carbocycles. The molecule has 3 rings (SSSR count). The summed E-state index contributed by atoms with van der Waals surface area (Å²) < 4.78 is 0. The van der Waals surface area contributed by atoms with Gasteiger partial charge in [0.05, 0.1) is 0 Å². The van der Waals surface area contributed by atoms with Crippen LogP contribution in [0.4, 0.5) is 5.95 Å². The molecular formula is C15H13ClN6O. The molecule has 0 saturated carbocycles. The van der Waals surface area contributed by atoms with Crippen molar-refractivity contribution in [2.75, 3.05) is 5.32 Å². The zero-order valence-electron chi connectivity index (χ0n) is 12.5. The Labute approximate surface area is 137 Å². The smallest absolute Gasteiger partial charge is 0.288 e. The molecule has 0 atom stereocenters. The number of hydrogen-bond acceptors (Lipinski definition) is 5. The third-order valence-electron chi connectivity index (χ3n) is 2.99.